The zero-order valence-electron chi connectivity index (χ0n) is 10.7. The first-order valence-electron chi connectivity index (χ1n) is 6.65. The Morgan fingerprint density at radius 3 is 2.44 bits per heavy atom. The Labute approximate surface area is 116 Å². The fraction of sp³-hybridized carbons (Fsp3) is 0.533. The smallest absolute Gasteiger partial charge is 0.253 e. The molecule has 1 aliphatic heterocycles. The van der Waals surface area contributed by atoms with Crippen molar-refractivity contribution in [1.29, 1.82) is 0 Å². The van der Waals surface area contributed by atoms with Gasteiger partial charge in [0.25, 0.3) is 5.91 Å². The van der Waals surface area contributed by atoms with Gasteiger partial charge in [-0.1, -0.05) is 22.0 Å². The Bertz CT molecular complexity index is 483. The lowest BCUT2D eigenvalue weighted by atomic mass is 9.93. The normalized spacial score (nSPS) is 21.1. The highest BCUT2D eigenvalue weighted by Gasteiger charge is 2.45. The molecule has 1 saturated heterocycles. The number of carbonyl (C=O) groups is 1. The zero-order valence-corrected chi connectivity index (χ0v) is 12.3. The minimum Gasteiger partial charge on any atom is -0.339 e. The first-order valence-corrected chi connectivity index (χ1v) is 7.44. The molecule has 0 N–H and O–H groups in total. The molecule has 1 amide bonds. The van der Waals surface area contributed by atoms with Crippen LogP contribution in [-0.4, -0.2) is 23.9 Å². The maximum atomic E-state index is 12.4. The number of benzene rings is 1. The number of hydrogen-bond acceptors (Lipinski definition) is 1. The van der Waals surface area contributed by atoms with E-state index in [1.807, 2.05) is 30.0 Å². The van der Waals surface area contributed by atoms with Gasteiger partial charge in [0.2, 0.25) is 0 Å². The molecule has 0 atom stereocenters. The van der Waals surface area contributed by atoms with Crippen LogP contribution in [0.15, 0.2) is 22.7 Å². The van der Waals surface area contributed by atoms with Gasteiger partial charge in [-0.25, -0.2) is 0 Å². The fourth-order valence-electron chi connectivity index (χ4n) is 2.77. The average molecular weight is 308 g/mol. The first kappa shape index (κ1) is 12.2. The largest absolute Gasteiger partial charge is 0.339 e. The Kier molecular flexibility index (Phi) is 2.97. The van der Waals surface area contributed by atoms with E-state index in [-0.39, 0.29) is 5.91 Å². The quantitative estimate of drug-likeness (QED) is 0.773. The standard InChI is InChI=1S/C15H18BrNO/c1-11-2-3-12(10-13(11)16)14(18)17-8-6-15(4-5-15)7-9-17/h2-3,10H,4-9H2,1H3. The van der Waals surface area contributed by atoms with Crippen LogP contribution in [0.4, 0.5) is 0 Å². The van der Waals surface area contributed by atoms with Gasteiger partial charge in [-0.3, -0.25) is 4.79 Å². The van der Waals surface area contributed by atoms with E-state index in [1.54, 1.807) is 0 Å². The fourth-order valence-corrected chi connectivity index (χ4v) is 3.15. The van der Waals surface area contributed by atoms with E-state index in [1.165, 1.54) is 31.2 Å². The predicted octanol–water partition coefficient (Wildman–Crippen LogP) is 3.77. The number of aryl methyl sites for hydroxylation is 1. The summed E-state index contributed by atoms with van der Waals surface area (Å²) in [5.41, 5.74) is 2.60. The first-order chi connectivity index (χ1) is 8.60. The number of nitrogens with zero attached hydrogens (tertiary/aromatic N) is 1. The Morgan fingerprint density at radius 1 is 1.22 bits per heavy atom. The molecular formula is C15H18BrNO. The summed E-state index contributed by atoms with van der Waals surface area (Å²) in [6.45, 7) is 3.91. The molecule has 2 aliphatic rings. The van der Waals surface area contributed by atoms with Gasteiger partial charge >= 0.3 is 0 Å². The molecule has 18 heavy (non-hydrogen) atoms. The van der Waals surface area contributed by atoms with Gasteiger partial charge in [0.15, 0.2) is 0 Å². The van der Waals surface area contributed by atoms with Gasteiger partial charge in [0.05, 0.1) is 0 Å². The zero-order chi connectivity index (χ0) is 12.8. The highest BCUT2D eigenvalue weighted by Crippen LogP contribution is 2.53. The molecule has 1 saturated carbocycles. The molecule has 2 nitrogen and oxygen atoms in total. The van der Waals surface area contributed by atoms with Gasteiger partial charge in [-0.15, -0.1) is 0 Å². The van der Waals surface area contributed by atoms with Crippen molar-refractivity contribution in [3.05, 3.63) is 33.8 Å². The van der Waals surface area contributed by atoms with Gasteiger partial charge in [0.1, 0.15) is 0 Å². The summed E-state index contributed by atoms with van der Waals surface area (Å²) in [6, 6.07) is 5.88. The Morgan fingerprint density at radius 2 is 1.89 bits per heavy atom. The van der Waals surface area contributed by atoms with Crippen molar-refractivity contribution < 1.29 is 4.79 Å². The molecular weight excluding hydrogens is 290 g/mol. The van der Waals surface area contributed by atoms with Crippen LogP contribution in [0.2, 0.25) is 0 Å². The average Bonchev–Trinajstić information content (AvgIpc) is 3.12. The van der Waals surface area contributed by atoms with Crippen LogP contribution in [0.5, 0.6) is 0 Å². The van der Waals surface area contributed by atoms with Crippen molar-refractivity contribution in [2.45, 2.75) is 32.6 Å². The maximum absolute atomic E-state index is 12.4. The molecule has 96 valence electrons. The van der Waals surface area contributed by atoms with Crippen LogP contribution < -0.4 is 0 Å². The monoisotopic (exact) mass is 307 g/mol. The number of rotatable bonds is 1. The molecule has 1 aromatic rings. The van der Waals surface area contributed by atoms with Crippen molar-refractivity contribution in [3.63, 3.8) is 0 Å². The molecule has 2 fully saturated rings. The van der Waals surface area contributed by atoms with Crippen LogP contribution in [0.25, 0.3) is 0 Å². The van der Waals surface area contributed by atoms with E-state index in [2.05, 4.69) is 15.9 Å². The van der Waals surface area contributed by atoms with Crippen molar-refractivity contribution in [3.8, 4) is 0 Å². The number of halogens is 1. The molecule has 1 aliphatic carbocycles. The van der Waals surface area contributed by atoms with E-state index < -0.39 is 0 Å². The van der Waals surface area contributed by atoms with E-state index in [9.17, 15) is 4.79 Å². The molecule has 3 heteroatoms. The number of likely N-dealkylation sites (tertiary alicyclic amines) is 1. The topological polar surface area (TPSA) is 20.3 Å². The van der Waals surface area contributed by atoms with Crippen molar-refractivity contribution in [1.82, 2.24) is 4.90 Å². The van der Waals surface area contributed by atoms with Gasteiger partial charge in [-0.05, 0) is 55.7 Å². The second-order valence-corrected chi connectivity index (χ2v) is 6.61. The van der Waals surface area contributed by atoms with Gasteiger partial charge < -0.3 is 4.90 Å². The Hall–Kier alpha value is -0.830. The van der Waals surface area contributed by atoms with Gasteiger partial charge in [-0.2, -0.15) is 0 Å². The Balaban J connectivity index is 1.72. The summed E-state index contributed by atoms with van der Waals surface area (Å²) >= 11 is 3.50. The molecule has 1 aromatic carbocycles. The van der Waals surface area contributed by atoms with E-state index >= 15 is 0 Å². The molecule has 0 bridgehead atoms. The van der Waals surface area contributed by atoms with Crippen molar-refractivity contribution in [2.75, 3.05) is 13.1 Å². The van der Waals surface area contributed by atoms with Gasteiger partial charge in [0, 0.05) is 23.1 Å². The van der Waals surface area contributed by atoms with Crippen LogP contribution in [0.3, 0.4) is 0 Å². The highest BCUT2D eigenvalue weighted by atomic mass is 79.9. The van der Waals surface area contributed by atoms with Crippen molar-refractivity contribution >= 4 is 21.8 Å². The van der Waals surface area contributed by atoms with E-state index in [4.69, 9.17) is 0 Å². The summed E-state index contributed by atoms with van der Waals surface area (Å²) in [5, 5.41) is 0. The third-order valence-electron chi connectivity index (χ3n) is 4.49. The molecule has 1 heterocycles. The summed E-state index contributed by atoms with van der Waals surface area (Å²) < 4.78 is 1.02. The lowest BCUT2D eigenvalue weighted by Gasteiger charge is -2.32. The number of amides is 1. The molecule has 3 rings (SSSR count). The van der Waals surface area contributed by atoms with E-state index in [0.717, 1.165) is 23.1 Å². The highest BCUT2D eigenvalue weighted by molar-refractivity contribution is 9.10. The second kappa shape index (κ2) is 4.37. The lowest BCUT2D eigenvalue weighted by Crippen LogP contribution is -2.39. The summed E-state index contributed by atoms with van der Waals surface area (Å²) in [5.74, 6) is 0.186. The minimum atomic E-state index is 0.186. The lowest BCUT2D eigenvalue weighted by molar-refractivity contribution is 0.0678. The molecule has 0 radical (unpaired) electrons. The van der Waals surface area contributed by atoms with Crippen molar-refractivity contribution in [2.24, 2.45) is 5.41 Å². The SMILES string of the molecule is Cc1ccc(C(=O)N2CCC3(CC2)CC3)cc1Br. The molecule has 0 unspecified atom stereocenters. The predicted molar refractivity (Wildman–Crippen MR) is 75.7 cm³/mol. The summed E-state index contributed by atoms with van der Waals surface area (Å²) in [4.78, 5) is 14.4. The maximum Gasteiger partial charge on any atom is 0.253 e. The van der Waals surface area contributed by atoms with Crippen LogP contribution in [0.1, 0.15) is 41.6 Å². The summed E-state index contributed by atoms with van der Waals surface area (Å²) in [7, 11) is 0. The number of carbonyl (C=O) groups excluding carboxylic acids is 1. The second-order valence-electron chi connectivity index (χ2n) is 5.76. The number of hydrogen-bond donors (Lipinski definition) is 0. The van der Waals surface area contributed by atoms with E-state index in [0.29, 0.717) is 5.41 Å². The molecule has 0 aromatic heterocycles. The molecule has 1 spiro atoms. The number of piperidine rings is 1. The van der Waals surface area contributed by atoms with Crippen LogP contribution in [-0.2, 0) is 0 Å². The third-order valence-corrected chi connectivity index (χ3v) is 5.34. The minimum absolute atomic E-state index is 0.186. The van der Waals surface area contributed by atoms with Crippen LogP contribution in [0, 0.1) is 12.3 Å². The summed E-state index contributed by atoms with van der Waals surface area (Å²) in [6.07, 6.45) is 5.16. The third kappa shape index (κ3) is 2.20. The van der Waals surface area contributed by atoms with Crippen LogP contribution >= 0.6 is 15.9 Å².